The zero-order valence-electron chi connectivity index (χ0n) is 11.4. The molecule has 0 radical (unpaired) electrons. The fourth-order valence-corrected chi connectivity index (χ4v) is 2.49. The minimum Gasteiger partial charge on any atom is -0.383 e. The molecule has 1 unspecified atom stereocenters. The number of aryl methyl sites for hydroxylation is 1. The Bertz CT molecular complexity index is 498. The maximum atomic E-state index is 11.2. The zero-order valence-corrected chi connectivity index (χ0v) is 12.3. The second kappa shape index (κ2) is 6.09. The van der Waals surface area contributed by atoms with E-state index in [1.807, 2.05) is 19.1 Å². The first-order chi connectivity index (χ1) is 8.31. The maximum Gasteiger partial charge on any atom is 0.229 e. The normalized spacial score (nSPS) is 13.1. The lowest BCUT2D eigenvalue weighted by atomic mass is 10.1. The lowest BCUT2D eigenvalue weighted by Crippen LogP contribution is -2.15. The van der Waals surface area contributed by atoms with E-state index in [4.69, 9.17) is 0 Å². The van der Waals surface area contributed by atoms with Gasteiger partial charge in [-0.2, -0.15) is 0 Å². The van der Waals surface area contributed by atoms with Crippen molar-refractivity contribution in [2.75, 3.05) is 16.3 Å². The zero-order chi connectivity index (χ0) is 13.8. The summed E-state index contributed by atoms with van der Waals surface area (Å²) >= 11 is 0. The Morgan fingerprint density at radius 1 is 1.33 bits per heavy atom. The molecule has 0 heterocycles. The largest absolute Gasteiger partial charge is 0.383 e. The Labute approximate surface area is 110 Å². The van der Waals surface area contributed by atoms with Gasteiger partial charge in [0.25, 0.3) is 0 Å². The highest BCUT2D eigenvalue weighted by atomic mass is 32.2. The van der Waals surface area contributed by atoms with Gasteiger partial charge in [0.1, 0.15) is 0 Å². The van der Waals surface area contributed by atoms with Gasteiger partial charge in [0.2, 0.25) is 10.0 Å². The van der Waals surface area contributed by atoms with Gasteiger partial charge in [0.05, 0.1) is 11.9 Å². The van der Waals surface area contributed by atoms with Gasteiger partial charge >= 0.3 is 0 Å². The van der Waals surface area contributed by atoms with Gasteiger partial charge < -0.3 is 5.32 Å². The van der Waals surface area contributed by atoms with Gasteiger partial charge in [0.15, 0.2) is 0 Å². The number of hydrogen-bond donors (Lipinski definition) is 2. The van der Waals surface area contributed by atoms with Crippen molar-refractivity contribution in [3.05, 3.63) is 23.8 Å². The first-order valence-electron chi connectivity index (χ1n) is 6.17. The summed E-state index contributed by atoms with van der Waals surface area (Å²) in [6, 6.07) is 6.06. The highest BCUT2D eigenvalue weighted by Gasteiger charge is 2.06. The highest BCUT2D eigenvalue weighted by Crippen LogP contribution is 2.21. The summed E-state index contributed by atoms with van der Waals surface area (Å²) in [5.74, 6) is 0. The lowest BCUT2D eigenvalue weighted by Gasteiger charge is -2.16. The Kier molecular flexibility index (Phi) is 5.02. The molecule has 0 bridgehead atoms. The standard InChI is InChI=1S/C13H22N2O2S/c1-5-6-11(3)14-12-7-8-13(10(2)9-12)15-18(4,16)17/h7-9,11,14-15H,5-6H2,1-4H3. The van der Waals surface area contributed by atoms with E-state index >= 15 is 0 Å². The van der Waals surface area contributed by atoms with Gasteiger partial charge in [0, 0.05) is 11.7 Å². The molecule has 102 valence electrons. The van der Waals surface area contributed by atoms with Crippen LogP contribution in [0.5, 0.6) is 0 Å². The topological polar surface area (TPSA) is 58.2 Å². The number of sulfonamides is 1. The van der Waals surface area contributed by atoms with Crippen LogP contribution in [0.3, 0.4) is 0 Å². The number of anilines is 2. The van der Waals surface area contributed by atoms with Crippen molar-refractivity contribution >= 4 is 21.4 Å². The van der Waals surface area contributed by atoms with E-state index in [1.54, 1.807) is 6.07 Å². The van der Waals surface area contributed by atoms with E-state index in [2.05, 4.69) is 23.9 Å². The molecule has 4 nitrogen and oxygen atoms in total. The second-order valence-electron chi connectivity index (χ2n) is 4.74. The first kappa shape index (κ1) is 14.8. The van der Waals surface area contributed by atoms with Crippen molar-refractivity contribution in [2.45, 2.75) is 39.7 Å². The Hall–Kier alpha value is -1.23. The van der Waals surface area contributed by atoms with Gasteiger partial charge in [-0.05, 0) is 44.0 Å². The molecule has 0 amide bonds. The predicted molar refractivity (Wildman–Crippen MR) is 77.6 cm³/mol. The van der Waals surface area contributed by atoms with Crippen molar-refractivity contribution in [2.24, 2.45) is 0 Å². The molecule has 18 heavy (non-hydrogen) atoms. The minimum atomic E-state index is -3.21. The molecule has 0 spiro atoms. The van der Waals surface area contributed by atoms with Gasteiger partial charge in [-0.1, -0.05) is 13.3 Å². The summed E-state index contributed by atoms with van der Waals surface area (Å²) < 4.78 is 24.8. The van der Waals surface area contributed by atoms with Gasteiger partial charge in [-0.25, -0.2) is 8.42 Å². The molecule has 1 aromatic rings. The van der Waals surface area contributed by atoms with Gasteiger partial charge in [-0.3, -0.25) is 4.72 Å². The molecule has 1 aromatic carbocycles. The molecule has 0 aromatic heterocycles. The number of nitrogens with one attached hydrogen (secondary N) is 2. The molecule has 0 aliphatic rings. The van der Waals surface area contributed by atoms with Crippen LogP contribution in [0.1, 0.15) is 32.3 Å². The summed E-state index contributed by atoms with van der Waals surface area (Å²) in [6.45, 7) is 6.19. The van der Waals surface area contributed by atoms with Crippen molar-refractivity contribution in [3.63, 3.8) is 0 Å². The van der Waals surface area contributed by atoms with Crippen LogP contribution in [0.15, 0.2) is 18.2 Å². The van der Waals surface area contributed by atoms with E-state index in [1.165, 1.54) is 0 Å². The smallest absolute Gasteiger partial charge is 0.229 e. The molecule has 5 heteroatoms. The van der Waals surface area contributed by atoms with E-state index in [-0.39, 0.29) is 0 Å². The van der Waals surface area contributed by atoms with E-state index < -0.39 is 10.0 Å². The van der Waals surface area contributed by atoms with E-state index in [9.17, 15) is 8.42 Å². The fourth-order valence-electron chi connectivity index (χ4n) is 1.86. The van der Waals surface area contributed by atoms with Crippen LogP contribution in [0.25, 0.3) is 0 Å². The maximum absolute atomic E-state index is 11.2. The number of rotatable bonds is 6. The molecule has 0 fully saturated rings. The lowest BCUT2D eigenvalue weighted by molar-refractivity contribution is 0.607. The average molecular weight is 270 g/mol. The molecule has 2 N–H and O–H groups in total. The number of benzene rings is 1. The molecular weight excluding hydrogens is 248 g/mol. The van der Waals surface area contributed by atoms with Crippen molar-refractivity contribution in [1.29, 1.82) is 0 Å². The molecule has 0 aliphatic heterocycles. The Morgan fingerprint density at radius 3 is 2.50 bits per heavy atom. The van der Waals surface area contributed by atoms with Crippen LogP contribution in [0, 0.1) is 6.92 Å². The molecule has 1 atom stereocenters. The Morgan fingerprint density at radius 2 is 2.00 bits per heavy atom. The van der Waals surface area contributed by atoms with Crippen LogP contribution in [0.4, 0.5) is 11.4 Å². The highest BCUT2D eigenvalue weighted by molar-refractivity contribution is 7.92. The molecule has 0 saturated carbocycles. The fraction of sp³-hybridized carbons (Fsp3) is 0.538. The monoisotopic (exact) mass is 270 g/mol. The average Bonchev–Trinajstić information content (AvgIpc) is 2.21. The molecule has 1 rings (SSSR count). The quantitative estimate of drug-likeness (QED) is 0.835. The van der Waals surface area contributed by atoms with Crippen LogP contribution in [-0.2, 0) is 10.0 Å². The third-order valence-electron chi connectivity index (χ3n) is 2.66. The summed E-state index contributed by atoms with van der Waals surface area (Å²) in [6.07, 6.45) is 3.41. The minimum absolute atomic E-state index is 0.420. The molecule has 0 saturated heterocycles. The predicted octanol–water partition coefficient (Wildman–Crippen LogP) is 2.97. The van der Waals surface area contributed by atoms with Crippen LogP contribution >= 0.6 is 0 Å². The molecular formula is C13H22N2O2S. The number of hydrogen-bond acceptors (Lipinski definition) is 3. The van der Waals surface area contributed by atoms with Crippen molar-refractivity contribution in [1.82, 2.24) is 0 Å². The summed E-state index contributed by atoms with van der Waals surface area (Å²) in [4.78, 5) is 0. The molecule has 0 aliphatic carbocycles. The van der Waals surface area contributed by atoms with Crippen LogP contribution in [0.2, 0.25) is 0 Å². The van der Waals surface area contributed by atoms with Crippen LogP contribution in [-0.4, -0.2) is 20.7 Å². The SMILES string of the molecule is CCCC(C)Nc1ccc(NS(C)(=O)=O)c(C)c1. The third kappa shape index (κ3) is 4.96. The van der Waals surface area contributed by atoms with Crippen LogP contribution < -0.4 is 10.0 Å². The van der Waals surface area contributed by atoms with E-state index in [0.717, 1.165) is 30.3 Å². The van der Waals surface area contributed by atoms with E-state index in [0.29, 0.717) is 11.7 Å². The van der Waals surface area contributed by atoms with Crippen molar-refractivity contribution < 1.29 is 8.42 Å². The van der Waals surface area contributed by atoms with Crippen molar-refractivity contribution in [3.8, 4) is 0 Å². The second-order valence-corrected chi connectivity index (χ2v) is 6.49. The summed E-state index contributed by atoms with van der Waals surface area (Å²) in [7, 11) is -3.21. The Balaban J connectivity index is 2.79. The van der Waals surface area contributed by atoms with Gasteiger partial charge in [-0.15, -0.1) is 0 Å². The first-order valence-corrected chi connectivity index (χ1v) is 8.06. The summed E-state index contributed by atoms with van der Waals surface area (Å²) in [5, 5.41) is 3.40. The summed E-state index contributed by atoms with van der Waals surface area (Å²) in [5.41, 5.74) is 2.56. The third-order valence-corrected chi connectivity index (χ3v) is 3.25.